The number of allylic oxidation sites excluding steroid dienone is 4. The van der Waals surface area contributed by atoms with E-state index in [-0.39, 0.29) is 31.1 Å². The van der Waals surface area contributed by atoms with E-state index >= 15 is 8.78 Å². The number of hydrogen-bond donors (Lipinski definition) is 3. The molecule has 2 fully saturated rings. The van der Waals surface area contributed by atoms with Gasteiger partial charge in [-0.2, -0.15) is 22.0 Å². The van der Waals surface area contributed by atoms with Crippen molar-refractivity contribution >= 4 is 17.5 Å². The summed E-state index contributed by atoms with van der Waals surface area (Å²) in [5.41, 5.74) is -0.0530. The molecule has 0 spiro atoms. The molecule has 0 aliphatic heterocycles. The molecule has 0 aromatic heterocycles. The van der Waals surface area contributed by atoms with Gasteiger partial charge >= 0.3 is 18.1 Å². The molecule has 11 heteroatoms. The summed E-state index contributed by atoms with van der Waals surface area (Å²) in [5.74, 6) is -5.99. The molecule has 246 valence electrons. The standard InChI is InChI=1S/C35H37F5N2O4/c1-32-18-28(21-5-8-23(9-6-21)42-31(44)41-19-20-3-11-25(46-2)12-4-20)30-26-14-10-24(43)17-22(26)7-13-27(30)29(32)15-16-33(32,45)34(36,37)35(38,39)40/h3-6,8-9,11-12,17,27-29,45H,7,10,13-16,18-19H2,1-2H3,(H2,41,42,44)/t27?,28-,29?,32+,33+/m1/s1. The van der Waals surface area contributed by atoms with Crippen molar-refractivity contribution in [3.63, 3.8) is 0 Å². The molecule has 4 aliphatic carbocycles. The van der Waals surface area contributed by atoms with Gasteiger partial charge in [0.1, 0.15) is 11.4 Å². The summed E-state index contributed by atoms with van der Waals surface area (Å²) in [6.07, 6.45) is -3.10. The van der Waals surface area contributed by atoms with Crippen molar-refractivity contribution in [1.29, 1.82) is 0 Å². The van der Waals surface area contributed by atoms with Gasteiger partial charge in [0.2, 0.25) is 0 Å². The van der Waals surface area contributed by atoms with Gasteiger partial charge in [0, 0.05) is 30.0 Å². The van der Waals surface area contributed by atoms with Crippen LogP contribution >= 0.6 is 0 Å². The number of hydrogen-bond acceptors (Lipinski definition) is 4. The molecule has 2 aromatic rings. The molecule has 0 bridgehead atoms. The largest absolute Gasteiger partial charge is 0.497 e. The van der Waals surface area contributed by atoms with E-state index in [0.717, 1.165) is 22.3 Å². The highest BCUT2D eigenvalue weighted by atomic mass is 19.4. The average Bonchev–Trinajstić information content (AvgIpc) is 3.30. The predicted molar refractivity (Wildman–Crippen MR) is 162 cm³/mol. The quantitative estimate of drug-likeness (QED) is 0.280. The van der Waals surface area contributed by atoms with Crippen LogP contribution in [0, 0.1) is 17.3 Å². The number of nitrogens with one attached hydrogen (secondary N) is 2. The number of anilines is 1. The van der Waals surface area contributed by atoms with Crippen LogP contribution in [0.15, 0.2) is 71.3 Å². The number of carbonyl (C=O) groups is 2. The topological polar surface area (TPSA) is 87.7 Å². The molecule has 6 nitrogen and oxygen atoms in total. The second-order valence-corrected chi connectivity index (χ2v) is 13.2. The van der Waals surface area contributed by atoms with Crippen molar-refractivity contribution in [3.05, 3.63) is 82.5 Å². The molecule has 0 saturated heterocycles. The summed E-state index contributed by atoms with van der Waals surface area (Å²) in [6.45, 7) is 1.68. The molecule has 0 heterocycles. The summed E-state index contributed by atoms with van der Waals surface area (Å²) in [5, 5.41) is 17.0. The van der Waals surface area contributed by atoms with Crippen LogP contribution in [0.2, 0.25) is 0 Å². The van der Waals surface area contributed by atoms with Gasteiger partial charge in [0.25, 0.3) is 0 Å². The molecule has 2 saturated carbocycles. The van der Waals surface area contributed by atoms with Crippen molar-refractivity contribution in [2.24, 2.45) is 17.3 Å². The van der Waals surface area contributed by atoms with E-state index in [1.807, 2.05) is 12.1 Å². The van der Waals surface area contributed by atoms with Crippen molar-refractivity contribution in [1.82, 2.24) is 5.32 Å². The minimum atomic E-state index is -5.90. The molecule has 3 N–H and O–H groups in total. The first kappa shape index (κ1) is 32.2. The molecule has 2 unspecified atom stereocenters. The highest BCUT2D eigenvalue weighted by molar-refractivity contribution is 5.93. The summed E-state index contributed by atoms with van der Waals surface area (Å²) in [6, 6.07) is 13.6. The maximum atomic E-state index is 15.2. The Labute approximate surface area is 264 Å². The summed E-state index contributed by atoms with van der Waals surface area (Å²) < 4.78 is 76.9. The Morgan fingerprint density at radius 2 is 1.70 bits per heavy atom. The predicted octanol–water partition coefficient (Wildman–Crippen LogP) is 7.85. The lowest BCUT2D eigenvalue weighted by Gasteiger charge is -2.56. The van der Waals surface area contributed by atoms with Crippen LogP contribution in [-0.4, -0.2) is 41.7 Å². The third-order valence-electron chi connectivity index (χ3n) is 10.9. The summed E-state index contributed by atoms with van der Waals surface area (Å²) >= 11 is 0. The highest BCUT2D eigenvalue weighted by Gasteiger charge is 2.79. The molecule has 2 amide bonds. The molecule has 46 heavy (non-hydrogen) atoms. The number of benzene rings is 2. The van der Waals surface area contributed by atoms with Gasteiger partial charge < -0.3 is 20.5 Å². The second kappa shape index (κ2) is 11.5. The van der Waals surface area contributed by atoms with E-state index in [9.17, 15) is 27.9 Å². The fourth-order valence-electron chi connectivity index (χ4n) is 8.61. The van der Waals surface area contributed by atoms with Crippen LogP contribution < -0.4 is 15.4 Å². The first-order valence-corrected chi connectivity index (χ1v) is 15.6. The molecule has 6 rings (SSSR count). The van der Waals surface area contributed by atoms with E-state index in [0.29, 0.717) is 42.7 Å². The van der Waals surface area contributed by atoms with Crippen molar-refractivity contribution in [3.8, 4) is 5.75 Å². The molecule has 0 radical (unpaired) electrons. The molecule has 4 aliphatic rings. The SMILES string of the molecule is COc1ccc(CNC(=O)Nc2ccc([C@H]3C[C@@]4(C)C(CC[C@@]4(O)C(F)(F)C(F)(F)F)C4CCC5=CC(=O)CCC5=C43)cc2)cc1. The van der Waals surface area contributed by atoms with E-state index in [2.05, 4.69) is 10.6 Å². The third-order valence-corrected chi connectivity index (χ3v) is 10.9. The molecule has 2 aromatic carbocycles. The number of urea groups is 1. The Bertz CT molecular complexity index is 1580. The Morgan fingerprint density at radius 1 is 1.00 bits per heavy atom. The second-order valence-electron chi connectivity index (χ2n) is 13.2. The lowest BCUT2D eigenvalue weighted by molar-refractivity contribution is -0.362. The lowest BCUT2D eigenvalue weighted by atomic mass is 9.50. The Kier molecular flexibility index (Phi) is 8.06. The van der Waals surface area contributed by atoms with Gasteiger partial charge in [0.15, 0.2) is 5.78 Å². The van der Waals surface area contributed by atoms with Gasteiger partial charge in [-0.05, 0) is 103 Å². The Morgan fingerprint density at radius 3 is 2.35 bits per heavy atom. The van der Waals surface area contributed by atoms with Gasteiger partial charge in [-0.1, -0.05) is 36.8 Å². The zero-order chi connectivity index (χ0) is 33.1. The number of ketones is 1. The van der Waals surface area contributed by atoms with Crippen LogP contribution in [-0.2, 0) is 11.3 Å². The number of rotatable bonds is 6. The molecular formula is C35H37F5N2O4. The maximum absolute atomic E-state index is 15.2. The number of ether oxygens (including phenoxy) is 1. The smallest absolute Gasteiger partial charge is 0.456 e. The zero-order valence-corrected chi connectivity index (χ0v) is 25.6. The Balaban J connectivity index is 1.30. The average molecular weight is 645 g/mol. The monoisotopic (exact) mass is 644 g/mol. The van der Waals surface area contributed by atoms with Crippen molar-refractivity contribution in [2.75, 3.05) is 12.4 Å². The number of methoxy groups -OCH3 is 1. The number of halogens is 5. The normalized spacial score (nSPS) is 29.3. The van der Waals surface area contributed by atoms with Gasteiger partial charge in [-0.15, -0.1) is 0 Å². The van der Waals surface area contributed by atoms with Gasteiger partial charge in [-0.3, -0.25) is 4.79 Å². The van der Waals surface area contributed by atoms with Crippen LogP contribution in [0.1, 0.15) is 68.9 Å². The number of fused-ring (bicyclic) bond motifs is 4. The third kappa shape index (κ3) is 5.20. The first-order chi connectivity index (χ1) is 21.7. The van der Waals surface area contributed by atoms with E-state index in [1.54, 1.807) is 49.6 Å². The van der Waals surface area contributed by atoms with Gasteiger partial charge in [0.05, 0.1) is 7.11 Å². The Hall–Kier alpha value is -3.73. The number of carbonyl (C=O) groups excluding carboxylic acids is 2. The van der Waals surface area contributed by atoms with Crippen molar-refractivity contribution < 1.29 is 41.4 Å². The first-order valence-electron chi connectivity index (χ1n) is 15.6. The van der Waals surface area contributed by atoms with Crippen LogP contribution in [0.3, 0.4) is 0 Å². The molecule has 5 atom stereocenters. The fourth-order valence-corrected chi connectivity index (χ4v) is 8.61. The number of aliphatic hydroxyl groups is 1. The van der Waals surface area contributed by atoms with Gasteiger partial charge in [-0.25, -0.2) is 4.79 Å². The summed E-state index contributed by atoms with van der Waals surface area (Å²) in [7, 11) is 1.57. The van der Waals surface area contributed by atoms with Crippen LogP contribution in [0.4, 0.5) is 32.4 Å². The van der Waals surface area contributed by atoms with Crippen molar-refractivity contribution in [2.45, 2.75) is 82.0 Å². The van der Waals surface area contributed by atoms with E-state index in [1.165, 1.54) is 6.92 Å². The van der Waals surface area contributed by atoms with E-state index in [4.69, 9.17) is 4.74 Å². The van der Waals surface area contributed by atoms with Crippen LogP contribution in [0.25, 0.3) is 0 Å². The maximum Gasteiger partial charge on any atom is 0.456 e. The van der Waals surface area contributed by atoms with Crippen LogP contribution in [0.5, 0.6) is 5.75 Å². The van der Waals surface area contributed by atoms with E-state index < -0.39 is 47.4 Å². The zero-order valence-electron chi connectivity index (χ0n) is 25.6. The fraction of sp³-hybridized carbons (Fsp3) is 0.486. The highest BCUT2D eigenvalue weighted by Crippen LogP contribution is 2.70. The summed E-state index contributed by atoms with van der Waals surface area (Å²) in [4.78, 5) is 24.9. The minimum Gasteiger partial charge on any atom is -0.497 e. The molecular weight excluding hydrogens is 607 g/mol. The minimum absolute atomic E-state index is 0.0238. The number of amides is 2. The number of alkyl halides is 5. The lowest BCUT2D eigenvalue weighted by Crippen LogP contribution is -2.65.